The van der Waals surface area contributed by atoms with Crippen molar-refractivity contribution in [2.24, 2.45) is 0 Å². The summed E-state index contributed by atoms with van der Waals surface area (Å²) in [5.41, 5.74) is 4.11. The zero-order valence-corrected chi connectivity index (χ0v) is 9.03. The van der Waals surface area contributed by atoms with E-state index < -0.39 is 0 Å². The lowest BCUT2D eigenvalue weighted by atomic mass is 9.96. The number of rotatable bonds is 4. The summed E-state index contributed by atoms with van der Waals surface area (Å²) >= 11 is 0. The minimum absolute atomic E-state index is 0.0563. The highest BCUT2D eigenvalue weighted by Gasteiger charge is 2.03. The van der Waals surface area contributed by atoms with Crippen molar-refractivity contribution < 1.29 is 5.11 Å². The molecule has 0 bridgehead atoms. The average molecular weight is 200 g/mol. The van der Waals surface area contributed by atoms with Crippen LogP contribution in [0.4, 0.5) is 0 Å². The molecule has 15 heavy (non-hydrogen) atoms. The van der Waals surface area contributed by atoms with Gasteiger partial charge in [0, 0.05) is 0 Å². The van der Waals surface area contributed by atoms with Crippen LogP contribution in [-0.2, 0) is 0 Å². The molecule has 0 saturated heterocycles. The van der Waals surface area contributed by atoms with Crippen LogP contribution in [0.3, 0.4) is 0 Å². The molecule has 0 aliphatic heterocycles. The Hall–Kier alpha value is -1.60. The molecule has 1 rings (SSSR count). The van der Waals surface area contributed by atoms with Crippen molar-refractivity contribution in [3.63, 3.8) is 0 Å². The number of aliphatic hydroxyl groups excluding tert-OH is 1. The van der Waals surface area contributed by atoms with Crippen molar-refractivity contribution >= 4 is 11.1 Å². The molecule has 78 valence electrons. The largest absolute Gasteiger partial charge is 0.392 e. The van der Waals surface area contributed by atoms with E-state index in [4.69, 9.17) is 5.11 Å². The Kier molecular flexibility index (Phi) is 4.07. The van der Waals surface area contributed by atoms with Gasteiger partial charge in [-0.1, -0.05) is 49.6 Å². The van der Waals surface area contributed by atoms with Crippen LogP contribution in [0.2, 0.25) is 0 Å². The molecule has 0 aliphatic rings. The summed E-state index contributed by atoms with van der Waals surface area (Å²) in [7, 11) is 0. The van der Waals surface area contributed by atoms with E-state index in [1.807, 2.05) is 31.2 Å². The van der Waals surface area contributed by atoms with E-state index in [9.17, 15) is 0 Å². The first-order chi connectivity index (χ1) is 7.20. The first-order valence-electron chi connectivity index (χ1n) is 4.89. The second-order valence-electron chi connectivity index (χ2n) is 3.34. The Morgan fingerprint density at radius 3 is 2.47 bits per heavy atom. The fraction of sp³-hybridized carbons (Fsp3) is 0.143. The van der Waals surface area contributed by atoms with E-state index >= 15 is 0 Å². The van der Waals surface area contributed by atoms with Gasteiger partial charge in [-0.3, -0.25) is 0 Å². The fourth-order valence-electron chi connectivity index (χ4n) is 1.46. The Morgan fingerprint density at radius 1 is 1.33 bits per heavy atom. The van der Waals surface area contributed by atoms with Crippen LogP contribution >= 0.6 is 0 Å². The smallest absolute Gasteiger partial charge is 0.0618 e. The van der Waals surface area contributed by atoms with Crippen LogP contribution in [0.1, 0.15) is 18.1 Å². The molecule has 1 aromatic carbocycles. The fourth-order valence-corrected chi connectivity index (χ4v) is 1.46. The number of allylic oxidation sites excluding steroid dienone is 3. The van der Waals surface area contributed by atoms with E-state index in [0.717, 1.165) is 22.3 Å². The number of hydrogen-bond acceptors (Lipinski definition) is 1. The average Bonchev–Trinajstić information content (AvgIpc) is 2.28. The molecule has 0 spiro atoms. The highest BCUT2D eigenvalue weighted by atomic mass is 16.2. The van der Waals surface area contributed by atoms with Crippen molar-refractivity contribution in [3.05, 3.63) is 60.7 Å². The molecule has 0 aromatic heterocycles. The van der Waals surface area contributed by atoms with Gasteiger partial charge in [0.15, 0.2) is 0 Å². The molecule has 1 heteroatoms. The lowest BCUT2D eigenvalue weighted by molar-refractivity contribution is 0.343. The van der Waals surface area contributed by atoms with Crippen molar-refractivity contribution in [1.82, 2.24) is 0 Å². The zero-order chi connectivity index (χ0) is 11.3. The molecule has 1 N–H and O–H groups in total. The quantitative estimate of drug-likeness (QED) is 0.739. The van der Waals surface area contributed by atoms with Gasteiger partial charge < -0.3 is 5.11 Å². The summed E-state index contributed by atoms with van der Waals surface area (Å²) in [6, 6.07) is 7.98. The Morgan fingerprint density at radius 2 is 1.93 bits per heavy atom. The van der Waals surface area contributed by atoms with Gasteiger partial charge in [0.1, 0.15) is 0 Å². The lowest BCUT2D eigenvalue weighted by Gasteiger charge is -2.09. The standard InChI is InChI=1S/C14H16O/c1-4-11(2)13-7-5-6-8-14(13)12(3)9-10-15/h4-9,15H,1-2,10H2,3H3/b12-9+. The molecule has 1 aromatic rings. The first-order valence-corrected chi connectivity index (χ1v) is 4.89. The molecule has 0 unspecified atom stereocenters. The Bertz CT molecular complexity index is 400. The lowest BCUT2D eigenvalue weighted by Crippen LogP contribution is -1.90. The van der Waals surface area contributed by atoms with E-state index in [-0.39, 0.29) is 6.61 Å². The molecule has 1 nitrogen and oxygen atoms in total. The van der Waals surface area contributed by atoms with E-state index in [0.29, 0.717) is 0 Å². The maximum absolute atomic E-state index is 8.87. The molecular weight excluding hydrogens is 184 g/mol. The van der Waals surface area contributed by atoms with Gasteiger partial charge in [-0.15, -0.1) is 0 Å². The molecule has 0 saturated carbocycles. The molecule has 0 heterocycles. The van der Waals surface area contributed by atoms with Crippen LogP contribution in [0.5, 0.6) is 0 Å². The van der Waals surface area contributed by atoms with Gasteiger partial charge >= 0.3 is 0 Å². The van der Waals surface area contributed by atoms with E-state index in [2.05, 4.69) is 13.2 Å². The zero-order valence-electron chi connectivity index (χ0n) is 9.03. The van der Waals surface area contributed by atoms with Crippen molar-refractivity contribution in [2.45, 2.75) is 6.92 Å². The molecule has 0 fully saturated rings. The molecule has 0 aliphatic carbocycles. The van der Waals surface area contributed by atoms with Gasteiger partial charge in [0.2, 0.25) is 0 Å². The minimum Gasteiger partial charge on any atom is -0.392 e. The summed E-state index contributed by atoms with van der Waals surface area (Å²) < 4.78 is 0. The predicted octanol–water partition coefficient (Wildman–Crippen LogP) is 3.28. The normalized spacial score (nSPS) is 11.2. The maximum atomic E-state index is 8.87. The molecule has 0 atom stereocenters. The number of aliphatic hydroxyl groups is 1. The predicted molar refractivity (Wildman–Crippen MR) is 66.4 cm³/mol. The minimum atomic E-state index is 0.0563. The van der Waals surface area contributed by atoms with E-state index in [1.54, 1.807) is 12.2 Å². The maximum Gasteiger partial charge on any atom is 0.0618 e. The third kappa shape index (κ3) is 2.67. The number of benzene rings is 1. The van der Waals surface area contributed by atoms with Gasteiger partial charge in [-0.25, -0.2) is 0 Å². The molecular formula is C14H16O. The van der Waals surface area contributed by atoms with Crippen LogP contribution < -0.4 is 0 Å². The van der Waals surface area contributed by atoms with Crippen LogP contribution in [0.25, 0.3) is 11.1 Å². The van der Waals surface area contributed by atoms with Crippen LogP contribution in [0, 0.1) is 0 Å². The second kappa shape index (κ2) is 5.32. The summed E-state index contributed by atoms with van der Waals surface area (Å²) in [5, 5.41) is 8.87. The first kappa shape index (κ1) is 11.5. The Labute approximate surface area is 91.1 Å². The van der Waals surface area contributed by atoms with Gasteiger partial charge in [-0.05, 0) is 29.2 Å². The van der Waals surface area contributed by atoms with Crippen LogP contribution in [0.15, 0.2) is 49.6 Å². The van der Waals surface area contributed by atoms with Crippen molar-refractivity contribution in [2.75, 3.05) is 6.61 Å². The van der Waals surface area contributed by atoms with Gasteiger partial charge in [0.05, 0.1) is 6.61 Å². The summed E-state index contributed by atoms with van der Waals surface area (Å²) in [5.74, 6) is 0. The Balaban J connectivity index is 3.23. The van der Waals surface area contributed by atoms with Crippen molar-refractivity contribution in [1.29, 1.82) is 0 Å². The monoisotopic (exact) mass is 200 g/mol. The topological polar surface area (TPSA) is 20.2 Å². The van der Waals surface area contributed by atoms with Gasteiger partial charge in [-0.2, -0.15) is 0 Å². The third-order valence-electron chi connectivity index (χ3n) is 2.34. The van der Waals surface area contributed by atoms with Crippen molar-refractivity contribution in [3.8, 4) is 0 Å². The third-order valence-corrected chi connectivity index (χ3v) is 2.34. The molecule has 0 radical (unpaired) electrons. The molecule has 0 amide bonds. The van der Waals surface area contributed by atoms with Gasteiger partial charge in [0.25, 0.3) is 0 Å². The highest BCUT2D eigenvalue weighted by Crippen LogP contribution is 2.24. The summed E-state index contributed by atoms with van der Waals surface area (Å²) in [4.78, 5) is 0. The second-order valence-corrected chi connectivity index (χ2v) is 3.34. The SMILES string of the molecule is C=CC(=C)c1ccccc1/C(C)=C/CO. The highest BCUT2D eigenvalue weighted by molar-refractivity contribution is 5.81. The summed E-state index contributed by atoms with van der Waals surface area (Å²) in [6.45, 7) is 9.69. The number of hydrogen-bond donors (Lipinski definition) is 1. The van der Waals surface area contributed by atoms with Crippen LogP contribution in [-0.4, -0.2) is 11.7 Å². The summed E-state index contributed by atoms with van der Waals surface area (Å²) in [6.07, 6.45) is 3.53. The van der Waals surface area contributed by atoms with E-state index in [1.165, 1.54) is 0 Å².